The van der Waals surface area contributed by atoms with Gasteiger partial charge >= 0.3 is 0 Å². The molecule has 1 aromatic rings. The second-order valence-electron chi connectivity index (χ2n) is 4.60. The first kappa shape index (κ1) is 11.1. The van der Waals surface area contributed by atoms with Crippen LogP contribution in [0.3, 0.4) is 0 Å². The summed E-state index contributed by atoms with van der Waals surface area (Å²) in [6.45, 7) is 2.60. The Morgan fingerprint density at radius 3 is 2.88 bits per heavy atom. The van der Waals surface area contributed by atoms with Crippen molar-refractivity contribution in [2.45, 2.75) is 25.8 Å². The summed E-state index contributed by atoms with van der Waals surface area (Å²) in [6, 6.07) is 2.13. The van der Waals surface area contributed by atoms with Gasteiger partial charge in [-0.25, -0.2) is 0 Å². The van der Waals surface area contributed by atoms with Crippen LogP contribution in [-0.2, 0) is 7.05 Å². The van der Waals surface area contributed by atoms with Crippen LogP contribution in [-0.4, -0.2) is 28.3 Å². The van der Waals surface area contributed by atoms with Gasteiger partial charge in [-0.1, -0.05) is 0 Å². The summed E-state index contributed by atoms with van der Waals surface area (Å²) in [5, 5.41) is 7.06. The molecule has 1 aromatic heterocycles. The summed E-state index contributed by atoms with van der Waals surface area (Å²) < 4.78 is 1.61. The van der Waals surface area contributed by atoms with Crippen molar-refractivity contribution >= 4 is 5.91 Å². The number of hydrogen-bond acceptors (Lipinski definition) is 3. The predicted molar refractivity (Wildman–Crippen MR) is 61.0 cm³/mol. The monoisotopic (exact) mass is 222 g/mol. The van der Waals surface area contributed by atoms with Crippen LogP contribution < -0.4 is 11.1 Å². The molecule has 1 fully saturated rings. The number of amides is 1. The lowest BCUT2D eigenvalue weighted by molar-refractivity contribution is 0.0926. The number of rotatable bonds is 3. The van der Waals surface area contributed by atoms with E-state index in [9.17, 15) is 4.79 Å². The number of aromatic nitrogens is 2. The van der Waals surface area contributed by atoms with Gasteiger partial charge in [0.05, 0.1) is 5.69 Å². The number of aryl methyl sites for hydroxylation is 2. The summed E-state index contributed by atoms with van der Waals surface area (Å²) in [4.78, 5) is 11.8. The maximum absolute atomic E-state index is 11.8. The van der Waals surface area contributed by atoms with Gasteiger partial charge in [0.15, 0.2) is 0 Å². The van der Waals surface area contributed by atoms with E-state index >= 15 is 0 Å². The van der Waals surface area contributed by atoms with Crippen LogP contribution in [0.4, 0.5) is 0 Å². The fourth-order valence-corrected chi connectivity index (χ4v) is 2.10. The molecule has 0 bridgehead atoms. The van der Waals surface area contributed by atoms with Crippen molar-refractivity contribution in [1.82, 2.24) is 15.1 Å². The largest absolute Gasteiger partial charge is 0.350 e. The molecule has 0 saturated heterocycles. The van der Waals surface area contributed by atoms with E-state index in [4.69, 9.17) is 5.73 Å². The molecule has 5 heteroatoms. The van der Waals surface area contributed by atoms with Gasteiger partial charge in [0.1, 0.15) is 5.69 Å². The minimum Gasteiger partial charge on any atom is -0.350 e. The van der Waals surface area contributed by atoms with E-state index in [1.807, 2.05) is 6.92 Å². The second kappa shape index (κ2) is 4.25. The Hall–Kier alpha value is -1.36. The molecule has 2 rings (SSSR count). The van der Waals surface area contributed by atoms with Crippen LogP contribution in [0.15, 0.2) is 6.07 Å². The molecule has 0 atom stereocenters. The first-order valence-corrected chi connectivity index (χ1v) is 5.60. The highest BCUT2D eigenvalue weighted by atomic mass is 16.2. The van der Waals surface area contributed by atoms with Crippen LogP contribution in [0, 0.1) is 12.8 Å². The standard InChI is InChI=1S/C11H18N4O/c1-7-3-10(15(2)14-7)11(16)13-6-8-4-9(12)5-8/h3,8-9H,4-6,12H2,1-2H3,(H,13,16). The third-order valence-electron chi connectivity index (χ3n) is 3.06. The third-order valence-corrected chi connectivity index (χ3v) is 3.06. The molecule has 1 amide bonds. The second-order valence-corrected chi connectivity index (χ2v) is 4.60. The maximum Gasteiger partial charge on any atom is 0.269 e. The van der Waals surface area contributed by atoms with Gasteiger partial charge in [-0.05, 0) is 31.7 Å². The molecule has 0 radical (unpaired) electrons. The number of nitrogens with one attached hydrogen (secondary N) is 1. The molecule has 0 unspecified atom stereocenters. The molecule has 0 aliphatic heterocycles. The molecule has 1 heterocycles. The van der Waals surface area contributed by atoms with Crippen LogP contribution in [0.5, 0.6) is 0 Å². The summed E-state index contributed by atoms with van der Waals surface area (Å²) in [7, 11) is 1.78. The van der Waals surface area contributed by atoms with Gasteiger partial charge in [-0.2, -0.15) is 5.10 Å². The smallest absolute Gasteiger partial charge is 0.269 e. The molecule has 1 aliphatic carbocycles. The van der Waals surface area contributed by atoms with Crippen molar-refractivity contribution in [2.24, 2.45) is 18.7 Å². The molecular formula is C11H18N4O. The van der Waals surface area contributed by atoms with Gasteiger partial charge < -0.3 is 11.1 Å². The van der Waals surface area contributed by atoms with Crippen molar-refractivity contribution in [3.8, 4) is 0 Å². The van der Waals surface area contributed by atoms with Crippen molar-refractivity contribution < 1.29 is 4.79 Å². The fraction of sp³-hybridized carbons (Fsp3) is 0.636. The predicted octanol–water partition coefficient (Wildman–Crippen LogP) is 0.196. The Morgan fingerprint density at radius 1 is 1.69 bits per heavy atom. The van der Waals surface area contributed by atoms with Crippen molar-refractivity contribution in [1.29, 1.82) is 0 Å². The Kier molecular flexibility index (Phi) is 2.96. The van der Waals surface area contributed by atoms with Crippen LogP contribution in [0.2, 0.25) is 0 Å². The van der Waals surface area contributed by atoms with Gasteiger partial charge in [0, 0.05) is 19.6 Å². The van der Waals surface area contributed by atoms with E-state index in [1.54, 1.807) is 17.8 Å². The van der Waals surface area contributed by atoms with Crippen molar-refractivity contribution in [3.05, 3.63) is 17.5 Å². The van der Waals surface area contributed by atoms with Crippen LogP contribution in [0.25, 0.3) is 0 Å². The Bertz CT molecular complexity index is 393. The van der Waals surface area contributed by atoms with Gasteiger partial charge in [0.2, 0.25) is 0 Å². The fourth-order valence-electron chi connectivity index (χ4n) is 2.10. The molecule has 5 nitrogen and oxygen atoms in total. The highest BCUT2D eigenvalue weighted by molar-refractivity contribution is 5.92. The maximum atomic E-state index is 11.8. The highest BCUT2D eigenvalue weighted by Gasteiger charge is 2.26. The average molecular weight is 222 g/mol. The number of nitrogens with zero attached hydrogens (tertiary/aromatic N) is 2. The average Bonchev–Trinajstić information content (AvgIpc) is 2.50. The first-order valence-electron chi connectivity index (χ1n) is 5.60. The molecular weight excluding hydrogens is 204 g/mol. The first-order chi connectivity index (χ1) is 7.56. The number of carbonyl (C=O) groups excluding carboxylic acids is 1. The zero-order valence-corrected chi connectivity index (χ0v) is 9.73. The molecule has 1 saturated carbocycles. The Balaban J connectivity index is 1.86. The summed E-state index contributed by atoms with van der Waals surface area (Å²) in [6.07, 6.45) is 2.04. The minimum absolute atomic E-state index is 0.0522. The lowest BCUT2D eigenvalue weighted by Crippen LogP contribution is -2.42. The lowest BCUT2D eigenvalue weighted by Gasteiger charge is -2.32. The quantitative estimate of drug-likeness (QED) is 0.767. The van der Waals surface area contributed by atoms with E-state index in [2.05, 4.69) is 10.4 Å². The topological polar surface area (TPSA) is 72.9 Å². The van der Waals surface area contributed by atoms with E-state index in [1.165, 1.54) is 0 Å². The number of carbonyl (C=O) groups is 1. The molecule has 16 heavy (non-hydrogen) atoms. The van der Waals surface area contributed by atoms with Crippen LogP contribution in [0.1, 0.15) is 29.0 Å². The zero-order chi connectivity index (χ0) is 11.7. The van der Waals surface area contributed by atoms with Gasteiger partial charge in [-0.3, -0.25) is 9.48 Å². The van der Waals surface area contributed by atoms with E-state index in [-0.39, 0.29) is 5.91 Å². The van der Waals surface area contributed by atoms with Crippen LogP contribution >= 0.6 is 0 Å². The molecule has 0 spiro atoms. The number of nitrogens with two attached hydrogens (primary N) is 1. The molecule has 0 aromatic carbocycles. The summed E-state index contributed by atoms with van der Waals surface area (Å²) in [5.41, 5.74) is 7.16. The normalized spacial score (nSPS) is 23.9. The molecule has 1 aliphatic rings. The Labute approximate surface area is 95.0 Å². The minimum atomic E-state index is -0.0522. The van der Waals surface area contributed by atoms with Crippen molar-refractivity contribution in [3.63, 3.8) is 0 Å². The Morgan fingerprint density at radius 2 is 2.38 bits per heavy atom. The summed E-state index contributed by atoms with van der Waals surface area (Å²) >= 11 is 0. The lowest BCUT2D eigenvalue weighted by atomic mass is 9.81. The van der Waals surface area contributed by atoms with Gasteiger partial charge in [0.25, 0.3) is 5.91 Å². The van der Waals surface area contributed by atoms with E-state index in [0.29, 0.717) is 17.7 Å². The molecule has 88 valence electrons. The van der Waals surface area contributed by atoms with Gasteiger partial charge in [-0.15, -0.1) is 0 Å². The zero-order valence-electron chi connectivity index (χ0n) is 9.73. The number of hydrogen-bond donors (Lipinski definition) is 2. The third kappa shape index (κ3) is 2.24. The summed E-state index contributed by atoms with van der Waals surface area (Å²) in [5.74, 6) is 0.497. The van der Waals surface area contributed by atoms with Crippen molar-refractivity contribution in [2.75, 3.05) is 6.54 Å². The SMILES string of the molecule is Cc1cc(C(=O)NCC2CC(N)C2)n(C)n1. The highest BCUT2D eigenvalue weighted by Crippen LogP contribution is 2.24. The van der Waals surface area contributed by atoms with E-state index in [0.717, 1.165) is 25.1 Å². The molecule has 3 N–H and O–H groups in total. The van der Waals surface area contributed by atoms with E-state index < -0.39 is 0 Å².